The highest BCUT2D eigenvalue weighted by Gasteiger charge is 2.30. The van der Waals surface area contributed by atoms with Crippen LogP contribution in [0, 0.1) is 20.2 Å². The number of nitrogens with one attached hydrogen (secondary N) is 1. The molecule has 1 N–H and O–H groups in total. The molecule has 0 radical (unpaired) electrons. The Morgan fingerprint density at radius 2 is 1.47 bits per heavy atom. The Morgan fingerprint density at radius 1 is 0.889 bits per heavy atom. The molecule has 2 fully saturated rings. The largest absolute Gasteiger partial charge is 0.379 e. The lowest BCUT2D eigenvalue weighted by molar-refractivity contribution is -0.385. The molecule has 0 spiro atoms. The summed E-state index contributed by atoms with van der Waals surface area (Å²) >= 11 is 0. The smallest absolute Gasteiger partial charge is 0.270 e. The van der Waals surface area contributed by atoms with E-state index < -0.39 is 19.9 Å². The zero-order valence-corrected chi connectivity index (χ0v) is 19.9. The fourth-order valence-electron chi connectivity index (χ4n) is 3.88. The highest BCUT2D eigenvalue weighted by Crippen LogP contribution is 2.30. The van der Waals surface area contributed by atoms with Gasteiger partial charge in [0.2, 0.25) is 10.0 Å². The lowest BCUT2D eigenvalue weighted by Crippen LogP contribution is -2.40. The van der Waals surface area contributed by atoms with Gasteiger partial charge in [-0.25, -0.2) is 8.42 Å². The molecule has 2 aliphatic rings. The van der Waals surface area contributed by atoms with Crippen molar-refractivity contribution < 1.29 is 27.7 Å². The molecule has 0 amide bonds. The first-order chi connectivity index (χ1) is 17.3. The molecular weight excluding hydrogens is 496 g/mol. The van der Waals surface area contributed by atoms with E-state index in [4.69, 9.17) is 9.47 Å². The van der Waals surface area contributed by atoms with Gasteiger partial charge in [-0.1, -0.05) is 0 Å². The number of anilines is 2. The minimum atomic E-state index is -4.09. The quantitative estimate of drug-likeness (QED) is 0.308. The number of hydrogen-bond acceptors (Lipinski definition) is 11. The number of hydrazone groups is 1. The van der Waals surface area contributed by atoms with Crippen LogP contribution in [-0.2, 0) is 19.5 Å². The molecule has 0 unspecified atom stereocenters. The van der Waals surface area contributed by atoms with Crippen molar-refractivity contribution in [3.05, 3.63) is 62.2 Å². The fourth-order valence-corrected chi connectivity index (χ4v) is 5.45. The van der Waals surface area contributed by atoms with Crippen molar-refractivity contribution in [3.63, 3.8) is 0 Å². The number of hydrogen-bond donors (Lipinski definition) is 1. The lowest BCUT2D eigenvalue weighted by atomic mass is 10.1. The number of nitro benzene ring substituents is 2. The third kappa shape index (κ3) is 5.59. The number of morpholine rings is 2. The molecule has 15 heteroatoms. The first kappa shape index (κ1) is 25.4. The van der Waals surface area contributed by atoms with Crippen molar-refractivity contribution in [2.24, 2.45) is 5.10 Å². The van der Waals surface area contributed by atoms with Crippen LogP contribution in [0.15, 0.2) is 46.4 Å². The van der Waals surface area contributed by atoms with Crippen LogP contribution in [0.2, 0.25) is 0 Å². The van der Waals surface area contributed by atoms with Gasteiger partial charge >= 0.3 is 0 Å². The average Bonchev–Trinajstić information content (AvgIpc) is 2.89. The summed E-state index contributed by atoms with van der Waals surface area (Å²) in [6, 6.07) is 7.82. The summed E-state index contributed by atoms with van der Waals surface area (Å²) < 4.78 is 38.3. The summed E-state index contributed by atoms with van der Waals surface area (Å²) in [4.78, 5) is 23.1. The van der Waals surface area contributed by atoms with Crippen LogP contribution in [-0.4, -0.2) is 81.4 Å². The normalized spacial score (nSPS) is 17.3. The number of benzene rings is 2. The Hall–Kier alpha value is -3.66. The first-order valence-electron chi connectivity index (χ1n) is 11.0. The van der Waals surface area contributed by atoms with E-state index in [1.165, 1.54) is 34.8 Å². The van der Waals surface area contributed by atoms with Crippen LogP contribution in [0.5, 0.6) is 0 Å². The molecule has 0 saturated carbocycles. The molecule has 0 aromatic heterocycles. The van der Waals surface area contributed by atoms with E-state index in [2.05, 4.69) is 10.5 Å². The summed E-state index contributed by atoms with van der Waals surface area (Å²) in [5.41, 5.74) is 3.32. The Labute approximate surface area is 206 Å². The number of ether oxygens (including phenoxy) is 2. The predicted octanol–water partition coefficient (Wildman–Crippen LogP) is 1.81. The van der Waals surface area contributed by atoms with Gasteiger partial charge in [-0.2, -0.15) is 9.41 Å². The Balaban J connectivity index is 1.66. The van der Waals surface area contributed by atoms with Crippen LogP contribution in [0.1, 0.15) is 5.56 Å². The molecule has 2 saturated heterocycles. The van der Waals surface area contributed by atoms with Gasteiger partial charge in [0.1, 0.15) is 4.90 Å². The van der Waals surface area contributed by atoms with Gasteiger partial charge in [0.05, 0.1) is 48.2 Å². The molecule has 2 aromatic carbocycles. The summed E-state index contributed by atoms with van der Waals surface area (Å²) in [6.07, 6.45) is 1.35. The zero-order valence-electron chi connectivity index (χ0n) is 19.1. The fraction of sp³-hybridized carbons (Fsp3) is 0.381. The summed E-state index contributed by atoms with van der Waals surface area (Å²) in [5.74, 6) is 0. The maximum absolute atomic E-state index is 13.3. The standard InChI is InChI=1S/C21H24N6O8S/c28-26(29)17-2-4-20(24-5-9-34-10-6-24)16(13-17)15-22-23-19-3-1-18(27(30)31)14-21(19)36(32,33)25-7-11-35-12-8-25/h1-4,13-15,23H,5-12H2/b22-15+. The molecule has 0 bridgehead atoms. The maximum Gasteiger partial charge on any atom is 0.270 e. The highest BCUT2D eigenvalue weighted by atomic mass is 32.2. The van der Waals surface area contributed by atoms with E-state index in [1.54, 1.807) is 6.07 Å². The number of nitrogens with zero attached hydrogens (tertiary/aromatic N) is 5. The van der Waals surface area contributed by atoms with Crippen molar-refractivity contribution in [2.45, 2.75) is 4.90 Å². The molecule has 2 aliphatic heterocycles. The van der Waals surface area contributed by atoms with Crippen LogP contribution < -0.4 is 10.3 Å². The topological polar surface area (TPSA) is 170 Å². The molecule has 4 rings (SSSR count). The highest BCUT2D eigenvalue weighted by molar-refractivity contribution is 7.89. The SMILES string of the molecule is O=[N+]([O-])c1ccc(N2CCOCC2)c(/C=N/Nc2ccc([N+](=O)[O-])cc2S(=O)(=O)N2CCOCC2)c1. The van der Waals surface area contributed by atoms with Gasteiger partial charge in [-0.15, -0.1) is 0 Å². The van der Waals surface area contributed by atoms with Crippen molar-refractivity contribution in [2.75, 3.05) is 62.9 Å². The molecule has 36 heavy (non-hydrogen) atoms. The number of sulfonamides is 1. The van der Waals surface area contributed by atoms with Crippen LogP contribution in [0.3, 0.4) is 0 Å². The average molecular weight is 521 g/mol. The third-order valence-corrected chi connectivity index (χ3v) is 7.66. The first-order valence-corrected chi connectivity index (χ1v) is 12.5. The Morgan fingerprint density at radius 3 is 2.11 bits per heavy atom. The third-order valence-electron chi connectivity index (χ3n) is 5.73. The molecule has 14 nitrogen and oxygen atoms in total. The molecule has 2 heterocycles. The molecule has 2 aromatic rings. The van der Waals surface area contributed by atoms with E-state index in [0.29, 0.717) is 37.6 Å². The van der Waals surface area contributed by atoms with Crippen LogP contribution >= 0.6 is 0 Å². The minimum absolute atomic E-state index is 0.0293. The zero-order chi connectivity index (χ0) is 25.7. The van der Waals surface area contributed by atoms with Crippen LogP contribution in [0.4, 0.5) is 22.7 Å². The number of rotatable bonds is 8. The maximum atomic E-state index is 13.3. The van der Waals surface area contributed by atoms with Crippen molar-refractivity contribution in [1.82, 2.24) is 4.31 Å². The van der Waals surface area contributed by atoms with Gasteiger partial charge in [-0.3, -0.25) is 25.7 Å². The second kappa shape index (κ2) is 10.9. The van der Waals surface area contributed by atoms with E-state index in [-0.39, 0.29) is 48.3 Å². The van der Waals surface area contributed by atoms with Gasteiger partial charge in [0, 0.05) is 61.7 Å². The van der Waals surface area contributed by atoms with Crippen molar-refractivity contribution in [1.29, 1.82) is 0 Å². The van der Waals surface area contributed by atoms with E-state index in [1.807, 2.05) is 4.90 Å². The van der Waals surface area contributed by atoms with Crippen LogP contribution in [0.25, 0.3) is 0 Å². The molecule has 192 valence electrons. The number of nitro groups is 2. The van der Waals surface area contributed by atoms with Gasteiger partial charge in [0.15, 0.2) is 0 Å². The van der Waals surface area contributed by atoms with Gasteiger partial charge in [0.25, 0.3) is 11.4 Å². The van der Waals surface area contributed by atoms with Gasteiger partial charge < -0.3 is 14.4 Å². The Kier molecular flexibility index (Phi) is 7.73. The molecule has 0 aliphatic carbocycles. The van der Waals surface area contributed by atoms with Crippen molar-refractivity contribution >= 4 is 39.0 Å². The van der Waals surface area contributed by atoms with E-state index in [0.717, 1.165) is 6.07 Å². The Bertz CT molecular complexity index is 1270. The monoisotopic (exact) mass is 520 g/mol. The van der Waals surface area contributed by atoms with Gasteiger partial charge in [-0.05, 0) is 12.1 Å². The summed E-state index contributed by atoms with van der Waals surface area (Å²) in [7, 11) is -4.09. The summed E-state index contributed by atoms with van der Waals surface area (Å²) in [5, 5.41) is 26.7. The molecular formula is C21H24N6O8S. The lowest BCUT2D eigenvalue weighted by Gasteiger charge is -2.29. The minimum Gasteiger partial charge on any atom is -0.379 e. The second-order valence-electron chi connectivity index (χ2n) is 7.92. The number of non-ortho nitro benzene ring substituents is 2. The second-order valence-corrected chi connectivity index (χ2v) is 9.83. The van der Waals surface area contributed by atoms with E-state index in [9.17, 15) is 28.6 Å². The summed E-state index contributed by atoms with van der Waals surface area (Å²) in [6.45, 7) is 2.87. The van der Waals surface area contributed by atoms with E-state index >= 15 is 0 Å². The molecule has 0 atom stereocenters. The predicted molar refractivity (Wildman–Crippen MR) is 130 cm³/mol. The van der Waals surface area contributed by atoms with Crippen molar-refractivity contribution in [3.8, 4) is 0 Å².